The first kappa shape index (κ1) is 15.0. The minimum absolute atomic E-state index is 0.0193. The van der Waals surface area contributed by atoms with Gasteiger partial charge < -0.3 is 0 Å². The molecule has 21 heavy (non-hydrogen) atoms. The minimum atomic E-state index is -0.735. The molecule has 0 saturated carbocycles. The molecule has 0 radical (unpaired) electrons. The number of Topliss-reactive ketones (excluding diaryl/α,β-unsaturated/α-hetero) is 2. The van der Waals surface area contributed by atoms with Crippen molar-refractivity contribution in [3.63, 3.8) is 0 Å². The zero-order valence-electron chi connectivity index (χ0n) is 11.5. The number of ketones is 2. The number of carbonyl (C=O) groups excluding carboxylic acids is 2. The molecule has 0 saturated heterocycles. The van der Waals surface area contributed by atoms with Crippen molar-refractivity contribution < 1.29 is 18.4 Å². The zero-order valence-corrected chi connectivity index (χ0v) is 11.5. The quantitative estimate of drug-likeness (QED) is 0.780. The van der Waals surface area contributed by atoms with Crippen LogP contribution < -0.4 is 0 Å². The maximum Gasteiger partial charge on any atom is 0.167 e. The lowest BCUT2D eigenvalue weighted by atomic mass is 10.00. The van der Waals surface area contributed by atoms with Gasteiger partial charge in [-0.25, -0.2) is 8.78 Å². The van der Waals surface area contributed by atoms with Crippen molar-refractivity contribution in [3.05, 3.63) is 70.8 Å². The summed E-state index contributed by atoms with van der Waals surface area (Å²) in [4.78, 5) is 23.5. The summed E-state index contributed by atoms with van der Waals surface area (Å²) in [6, 6.07) is 9.61. The Morgan fingerprint density at radius 2 is 1.33 bits per heavy atom. The lowest BCUT2D eigenvalue weighted by Gasteiger charge is -2.05. The Kier molecular flexibility index (Phi) is 4.58. The van der Waals surface area contributed by atoms with Crippen LogP contribution in [-0.4, -0.2) is 11.6 Å². The highest BCUT2D eigenvalue weighted by Crippen LogP contribution is 2.16. The molecular formula is C17H14F2O2. The maximum atomic E-state index is 13.5. The summed E-state index contributed by atoms with van der Waals surface area (Å²) in [7, 11) is 0. The van der Waals surface area contributed by atoms with E-state index in [2.05, 4.69) is 0 Å². The van der Waals surface area contributed by atoms with Crippen molar-refractivity contribution in [2.75, 3.05) is 0 Å². The van der Waals surface area contributed by atoms with E-state index in [9.17, 15) is 18.4 Å². The van der Waals surface area contributed by atoms with E-state index >= 15 is 0 Å². The van der Waals surface area contributed by atoms with Gasteiger partial charge >= 0.3 is 0 Å². The SMILES string of the molecule is CCC(=O)c1ccc(C(=O)Cc2c(F)cccc2F)cc1. The van der Waals surface area contributed by atoms with Crippen LogP contribution in [0, 0.1) is 11.6 Å². The molecule has 0 heterocycles. The van der Waals surface area contributed by atoms with Crippen LogP contribution in [0.2, 0.25) is 0 Å². The molecule has 2 aromatic carbocycles. The van der Waals surface area contributed by atoms with Gasteiger partial charge in [-0.1, -0.05) is 37.3 Å². The molecule has 4 heteroatoms. The smallest absolute Gasteiger partial charge is 0.167 e. The van der Waals surface area contributed by atoms with Crippen molar-refractivity contribution in [1.82, 2.24) is 0 Å². The van der Waals surface area contributed by atoms with E-state index in [4.69, 9.17) is 0 Å². The van der Waals surface area contributed by atoms with Gasteiger partial charge in [-0.2, -0.15) is 0 Å². The third kappa shape index (κ3) is 3.40. The van der Waals surface area contributed by atoms with Gasteiger partial charge in [0.1, 0.15) is 11.6 Å². The zero-order chi connectivity index (χ0) is 15.4. The molecule has 2 rings (SSSR count). The monoisotopic (exact) mass is 288 g/mol. The Bertz CT molecular complexity index is 655. The third-order valence-corrected chi connectivity index (χ3v) is 3.25. The summed E-state index contributed by atoms with van der Waals surface area (Å²) in [5, 5.41) is 0. The first-order chi connectivity index (χ1) is 10.0. The van der Waals surface area contributed by atoms with Crippen molar-refractivity contribution in [2.45, 2.75) is 19.8 Å². The fourth-order valence-corrected chi connectivity index (χ4v) is 2.01. The van der Waals surface area contributed by atoms with Crippen molar-refractivity contribution in [2.24, 2.45) is 0 Å². The van der Waals surface area contributed by atoms with Crippen LogP contribution in [0.5, 0.6) is 0 Å². The highest BCUT2D eigenvalue weighted by Gasteiger charge is 2.14. The summed E-state index contributed by atoms with van der Waals surface area (Å²) in [6.45, 7) is 1.75. The second kappa shape index (κ2) is 6.39. The molecule has 0 bridgehead atoms. The Balaban J connectivity index is 2.19. The van der Waals surface area contributed by atoms with Crippen LogP contribution >= 0.6 is 0 Å². The number of hydrogen-bond acceptors (Lipinski definition) is 2. The molecule has 0 spiro atoms. The topological polar surface area (TPSA) is 34.1 Å². The van der Waals surface area contributed by atoms with Gasteiger partial charge in [0, 0.05) is 29.5 Å². The second-order valence-corrected chi connectivity index (χ2v) is 4.65. The number of rotatable bonds is 5. The predicted molar refractivity (Wildman–Crippen MR) is 75.5 cm³/mol. The highest BCUT2D eigenvalue weighted by molar-refractivity contribution is 6.00. The van der Waals surface area contributed by atoms with Crippen molar-refractivity contribution >= 4 is 11.6 Å². The molecule has 0 aromatic heterocycles. The van der Waals surface area contributed by atoms with Gasteiger partial charge in [0.15, 0.2) is 11.6 Å². The molecule has 2 nitrogen and oxygen atoms in total. The van der Waals surface area contributed by atoms with Crippen LogP contribution in [-0.2, 0) is 6.42 Å². The van der Waals surface area contributed by atoms with E-state index in [1.54, 1.807) is 19.1 Å². The molecule has 0 amide bonds. The molecule has 0 N–H and O–H groups in total. The first-order valence-corrected chi connectivity index (χ1v) is 6.62. The standard InChI is InChI=1S/C17H14F2O2/c1-2-16(20)11-6-8-12(9-7-11)17(21)10-13-14(18)4-3-5-15(13)19/h3-9H,2,10H2,1H3. The molecule has 2 aromatic rings. The fraction of sp³-hybridized carbons (Fsp3) is 0.176. The molecule has 0 unspecified atom stereocenters. The van der Waals surface area contributed by atoms with Crippen LogP contribution in [0.4, 0.5) is 8.78 Å². The van der Waals surface area contributed by atoms with Gasteiger partial charge in [0.05, 0.1) is 0 Å². The number of carbonyl (C=O) groups is 2. The minimum Gasteiger partial charge on any atom is -0.294 e. The Labute approximate surface area is 121 Å². The van der Waals surface area contributed by atoms with E-state index < -0.39 is 17.4 Å². The molecule has 0 atom stereocenters. The highest BCUT2D eigenvalue weighted by atomic mass is 19.1. The van der Waals surface area contributed by atoms with Crippen LogP contribution in [0.3, 0.4) is 0 Å². The normalized spacial score (nSPS) is 10.4. The average molecular weight is 288 g/mol. The molecule has 0 aliphatic heterocycles. The summed E-state index contributed by atoms with van der Waals surface area (Å²) in [5.74, 6) is -1.88. The lowest BCUT2D eigenvalue weighted by Crippen LogP contribution is -2.08. The number of benzene rings is 2. The number of hydrogen-bond donors (Lipinski definition) is 0. The fourth-order valence-electron chi connectivity index (χ4n) is 2.01. The van der Waals surface area contributed by atoms with E-state index in [1.807, 2.05) is 0 Å². The Hall–Kier alpha value is -2.36. The van der Waals surface area contributed by atoms with Crippen LogP contribution in [0.25, 0.3) is 0 Å². The Morgan fingerprint density at radius 3 is 1.81 bits per heavy atom. The molecule has 0 aliphatic carbocycles. The number of halogens is 2. The molecule has 0 fully saturated rings. The largest absolute Gasteiger partial charge is 0.294 e. The van der Waals surface area contributed by atoms with Gasteiger partial charge in [0.25, 0.3) is 0 Å². The van der Waals surface area contributed by atoms with Gasteiger partial charge in [-0.3, -0.25) is 9.59 Å². The summed E-state index contributed by atoms with van der Waals surface area (Å²) >= 11 is 0. The predicted octanol–water partition coefficient (Wildman–Crippen LogP) is 3.98. The second-order valence-electron chi connectivity index (χ2n) is 4.65. The Morgan fingerprint density at radius 1 is 0.857 bits per heavy atom. The van der Waals surface area contributed by atoms with Crippen LogP contribution in [0.1, 0.15) is 39.6 Å². The molecule has 108 valence electrons. The molecular weight excluding hydrogens is 274 g/mol. The van der Waals surface area contributed by atoms with E-state index in [1.165, 1.54) is 18.2 Å². The van der Waals surface area contributed by atoms with E-state index in [0.717, 1.165) is 12.1 Å². The third-order valence-electron chi connectivity index (χ3n) is 3.25. The van der Waals surface area contributed by atoms with Crippen molar-refractivity contribution in [3.8, 4) is 0 Å². The molecule has 0 aliphatic rings. The lowest BCUT2D eigenvalue weighted by molar-refractivity contribution is 0.0978. The average Bonchev–Trinajstić information content (AvgIpc) is 2.50. The van der Waals surface area contributed by atoms with Gasteiger partial charge in [-0.15, -0.1) is 0 Å². The maximum absolute atomic E-state index is 13.5. The van der Waals surface area contributed by atoms with Crippen LogP contribution in [0.15, 0.2) is 42.5 Å². The van der Waals surface area contributed by atoms with Gasteiger partial charge in [-0.05, 0) is 12.1 Å². The van der Waals surface area contributed by atoms with E-state index in [0.29, 0.717) is 17.5 Å². The summed E-state index contributed by atoms with van der Waals surface area (Å²) in [5.41, 5.74) is 0.604. The van der Waals surface area contributed by atoms with E-state index in [-0.39, 0.29) is 17.8 Å². The summed E-state index contributed by atoms with van der Waals surface area (Å²) in [6.07, 6.45) is 0.0350. The van der Waals surface area contributed by atoms with Crippen molar-refractivity contribution in [1.29, 1.82) is 0 Å². The summed E-state index contributed by atoms with van der Waals surface area (Å²) < 4.78 is 27.0. The first-order valence-electron chi connectivity index (χ1n) is 6.62. The van der Waals surface area contributed by atoms with Gasteiger partial charge in [0.2, 0.25) is 0 Å².